The first-order chi connectivity index (χ1) is 12.2. The normalized spacial score (nSPS) is 30.1. The lowest BCUT2D eigenvalue weighted by Gasteiger charge is -2.31. The van der Waals surface area contributed by atoms with Gasteiger partial charge in [0.05, 0.1) is 12.0 Å². The number of hydrogen-bond donors (Lipinski definition) is 0. The molecule has 0 saturated heterocycles. The van der Waals surface area contributed by atoms with E-state index in [0.29, 0.717) is 5.92 Å². The van der Waals surface area contributed by atoms with Crippen molar-refractivity contribution in [3.63, 3.8) is 0 Å². The van der Waals surface area contributed by atoms with Gasteiger partial charge < -0.3 is 4.74 Å². The zero-order chi connectivity index (χ0) is 17.9. The summed E-state index contributed by atoms with van der Waals surface area (Å²) in [5.74, 6) is 1.52. The molecule has 0 N–H and O–H groups in total. The van der Waals surface area contributed by atoms with Gasteiger partial charge in [-0.3, -0.25) is 4.79 Å². The van der Waals surface area contributed by atoms with Crippen LogP contribution < -0.4 is 0 Å². The molecule has 3 heteroatoms. The van der Waals surface area contributed by atoms with E-state index in [1.165, 1.54) is 44.9 Å². The Morgan fingerprint density at radius 1 is 1.04 bits per heavy atom. The molecule has 0 unspecified atom stereocenters. The van der Waals surface area contributed by atoms with E-state index in [2.05, 4.69) is 13.0 Å². The topological polar surface area (TPSA) is 50.1 Å². The Balaban J connectivity index is 1.61. The summed E-state index contributed by atoms with van der Waals surface area (Å²) in [5.41, 5.74) is 0. The van der Waals surface area contributed by atoms with Crippen LogP contribution in [0.25, 0.3) is 0 Å². The molecule has 25 heavy (non-hydrogen) atoms. The molecule has 3 nitrogen and oxygen atoms in total. The molecular formula is C22H35NO2. The van der Waals surface area contributed by atoms with E-state index < -0.39 is 0 Å². The molecule has 2 aliphatic carbocycles. The minimum Gasteiger partial charge on any atom is -0.462 e. The molecule has 2 saturated carbocycles. The number of hydrogen-bond acceptors (Lipinski definition) is 3. The third-order valence-electron chi connectivity index (χ3n) is 6.09. The van der Waals surface area contributed by atoms with Crippen LogP contribution in [0.2, 0.25) is 0 Å². The van der Waals surface area contributed by atoms with E-state index in [0.717, 1.165) is 44.4 Å². The van der Waals surface area contributed by atoms with Gasteiger partial charge in [-0.1, -0.05) is 45.1 Å². The molecule has 2 fully saturated rings. The van der Waals surface area contributed by atoms with Crippen molar-refractivity contribution in [2.45, 2.75) is 96.5 Å². The van der Waals surface area contributed by atoms with Crippen LogP contribution in [-0.4, -0.2) is 12.1 Å². The van der Waals surface area contributed by atoms with E-state index in [1.54, 1.807) is 6.08 Å². The molecule has 0 aromatic heterocycles. The zero-order valence-corrected chi connectivity index (χ0v) is 15.9. The molecule has 0 aliphatic heterocycles. The van der Waals surface area contributed by atoms with Crippen LogP contribution in [0.3, 0.4) is 0 Å². The number of esters is 1. The second-order valence-electron chi connectivity index (χ2n) is 8.03. The van der Waals surface area contributed by atoms with Gasteiger partial charge in [-0.15, -0.1) is 0 Å². The van der Waals surface area contributed by atoms with Gasteiger partial charge in [0.15, 0.2) is 0 Å². The van der Waals surface area contributed by atoms with Gasteiger partial charge in [0.2, 0.25) is 0 Å². The minimum absolute atomic E-state index is 0.0560. The zero-order valence-electron chi connectivity index (χ0n) is 15.9. The highest BCUT2D eigenvalue weighted by Crippen LogP contribution is 2.34. The van der Waals surface area contributed by atoms with E-state index in [1.807, 2.05) is 6.08 Å². The predicted molar refractivity (Wildman–Crippen MR) is 101 cm³/mol. The fraction of sp³-hybridized carbons (Fsp3) is 0.818. The second-order valence-corrected chi connectivity index (χ2v) is 8.03. The maximum Gasteiger partial charge on any atom is 0.309 e. The fourth-order valence-corrected chi connectivity index (χ4v) is 4.39. The van der Waals surface area contributed by atoms with Crippen molar-refractivity contribution in [3.05, 3.63) is 12.2 Å². The highest BCUT2D eigenvalue weighted by atomic mass is 16.5. The number of unbranched alkanes of at least 4 members (excludes halogenated alkanes) is 3. The molecule has 0 aromatic rings. The molecule has 2 aliphatic rings. The number of carbonyl (C=O) groups excluding carboxylic acids is 1. The molecule has 0 aromatic carbocycles. The van der Waals surface area contributed by atoms with Crippen molar-refractivity contribution in [2.24, 2.45) is 17.8 Å². The largest absolute Gasteiger partial charge is 0.462 e. The quantitative estimate of drug-likeness (QED) is 0.310. The Kier molecular flexibility index (Phi) is 9.08. The molecule has 140 valence electrons. The number of nitriles is 1. The number of nitrogens with zero attached hydrogens (tertiary/aromatic N) is 1. The van der Waals surface area contributed by atoms with Gasteiger partial charge >= 0.3 is 5.97 Å². The smallest absolute Gasteiger partial charge is 0.309 e. The van der Waals surface area contributed by atoms with Crippen molar-refractivity contribution in [3.8, 4) is 6.07 Å². The summed E-state index contributed by atoms with van der Waals surface area (Å²) in [6, 6.07) is 2.06. The predicted octanol–water partition coefficient (Wildman–Crippen LogP) is 5.94. The van der Waals surface area contributed by atoms with Crippen molar-refractivity contribution >= 4 is 5.97 Å². The van der Waals surface area contributed by atoms with Crippen molar-refractivity contribution in [2.75, 3.05) is 0 Å². The third kappa shape index (κ3) is 7.22. The molecular weight excluding hydrogens is 310 g/mol. The van der Waals surface area contributed by atoms with Crippen LogP contribution in [0, 0.1) is 29.1 Å². The first kappa shape index (κ1) is 20.0. The maximum atomic E-state index is 12.4. The summed E-state index contributed by atoms with van der Waals surface area (Å²) in [6.45, 7) is 2.26. The van der Waals surface area contributed by atoms with E-state index in [9.17, 15) is 4.79 Å². The lowest BCUT2D eigenvalue weighted by Crippen LogP contribution is -2.29. The number of allylic oxidation sites excluding steroid dienone is 2. The Labute approximate surface area is 153 Å². The molecule has 0 spiro atoms. The first-order valence-electron chi connectivity index (χ1n) is 10.5. The number of ether oxygens (including phenoxy) is 1. The molecule has 0 heterocycles. The number of carbonyl (C=O) groups is 1. The van der Waals surface area contributed by atoms with Gasteiger partial charge in [0.25, 0.3) is 0 Å². The summed E-state index contributed by atoms with van der Waals surface area (Å²) in [6.07, 6.45) is 18.8. The van der Waals surface area contributed by atoms with Gasteiger partial charge in [-0.05, 0) is 63.2 Å². The lowest BCUT2D eigenvalue weighted by molar-refractivity contribution is -0.157. The summed E-state index contributed by atoms with van der Waals surface area (Å²) in [7, 11) is 0. The van der Waals surface area contributed by atoms with Crippen molar-refractivity contribution in [1.29, 1.82) is 5.26 Å². The molecule has 0 atom stereocenters. The standard InChI is InChI=1S/C22H35NO2/c1-2-3-4-5-7-18-9-13-20(14-10-18)22(24)25-21-15-11-19(12-16-21)8-6-17-23/h6,8,18-21H,2-5,7,9-16H2,1H3/b8-6+. The van der Waals surface area contributed by atoms with E-state index >= 15 is 0 Å². The van der Waals surface area contributed by atoms with Crippen LogP contribution in [0.4, 0.5) is 0 Å². The highest BCUT2D eigenvalue weighted by molar-refractivity contribution is 5.72. The maximum absolute atomic E-state index is 12.4. The number of rotatable bonds is 8. The lowest BCUT2D eigenvalue weighted by atomic mass is 9.79. The second kappa shape index (κ2) is 11.3. The molecule has 2 rings (SSSR count). The van der Waals surface area contributed by atoms with Gasteiger partial charge in [0.1, 0.15) is 6.10 Å². The molecule has 0 radical (unpaired) electrons. The molecule has 0 bridgehead atoms. The summed E-state index contributed by atoms with van der Waals surface area (Å²) in [4.78, 5) is 12.4. The van der Waals surface area contributed by atoms with Gasteiger partial charge in [0, 0.05) is 6.08 Å². The Morgan fingerprint density at radius 2 is 1.76 bits per heavy atom. The average molecular weight is 346 g/mol. The first-order valence-corrected chi connectivity index (χ1v) is 10.5. The van der Waals surface area contributed by atoms with E-state index in [-0.39, 0.29) is 18.0 Å². The van der Waals surface area contributed by atoms with Crippen LogP contribution in [0.5, 0.6) is 0 Å². The Bertz CT molecular complexity index is 449. The summed E-state index contributed by atoms with van der Waals surface area (Å²) >= 11 is 0. The molecule has 0 amide bonds. The highest BCUT2D eigenvalue weighted by Gasteiger charge is 2.30. The fourth-order valence-electron chi connectivity index (χ4n) is 4.39. The van der Waals surface area contributed by atoms with Crippen LogP contribution in [0.15, 0.2) is 12.2 Å². The average Bonchev–Trinajstić information content (AvgIpc) is 2.65. The van der Waals surface area contributed by atoms with Gasteiger partial charge in [-0.25, -0.2) is 0 Å². The van der Waals surface area contributed by atoms with Gasteiger partial charge in [-0.2, -0.15) is 5.26 Å². The third-order valence-corrected chi connectivity index (χ3v) is 6.09. The monoisotopic (exact) mass is 345 g/mol. The van der Waals surface area contributed by atoms with Crippen LogP contribution in [0.1, 0.15) is 90.4 Å². The summed E-state index contributed by atoms with van der Waals surface area (Å²) < 4.78 is 5.80. The van der Waals surface area contributed by atoms with Crippen LogP contribution in [-0.2, 0) is 9.53 Å². The SMILES string of the molecule is CCCCCCC1CCC(C(=O)OC2CCC(/C=C/C#N)CC2)CC1. The summed E-state index contributed by atoms with van der Waals surface area (Å²) in [5, 5.41) is 8.60. The van der Waals surface area contributed by atoms with Crippen molar-refractivity contribution < 1.29 is 9.53 Å². The Hall–Kier alpha value is -1.30. The van der Waals surface area contributed by atoms with Crippen molar-refractivity contribution in [1.82, 2.24) is 0 Å². The Morgan fingerprint density at radius 3 is 2.40 bits per heavy atom. The van der Waals surface area contributed by atoms with Crippen LogP contribution >= 0.6 is 0 Å². The minimum atomic E-state index is 0.0560. The van der Waals surface area contributed by atoms with E-state index in [4.69, 9.17) is 10.00 Å².